The van der Waals surface area contributed by atoms with Gasteiger partial charge in [-0.1, -0.05) is 6.07 Å². The maximum atomic E-state index is 5.74. The van der Waals surface area contributed by atoms with Crippen LogP contribution in [0.5, 0.6) is 11.5 Å². The van der Waals surface area contributed by atoms with Gasteiger partial charge < -0.3 is 20.1 Å². The molecule has 1 atom stereocenters. The Hall–Kier alpha value is -1.55. The standard InChI is InChI=1S/C20H30N4O2S.HI/c1-6-21-20(23-13-17-12-22-15(5)27-17)24-14(4)16-9-10-18(25-7-2)19(11-16)26-8-3;/h9-12,14H,6-8,13H2,1-5H3,(H2,21,23,24);1H. The van der Waals surface area contributed by atoms with Gasteiger partial charge in [0.25, 0.3) is 0 Å². The number of guanidine groups is 1. The number of rotatable bonds is 9. The molecule has 0 spiro atoms. The van der Waals surface area contributed by atoms with Crippen molar-refractivity contribution in [2.75, 3.05) is 19.8 Å². The first-order valence-electron chi connectivity index (χ1n) is 9.43. The van der Waals surface area contributed by atoms with Crippen molar-refractivity contribution >= 4 is 41.3 Å². The highest BCUT2D eigenvalue weighted by atomic mass is 127. The quantitative estimate of drug-likeness (QED) is 0.287. The van der Waals surface area contributed by atoms with E-state index in [2.05, 4.69) is 40.5 Å². The summed E-state index contributed by atoms with van der Waals surface area (Å²) in [6.07, 6.45) is 1.89. The van der Waals surface area contributed by atoms with E-state index in [-0.39, 0.29) is 30.0 Å². The summed E-state index contributed by atoms with van der Waals surface area (Å²) in [4.78, 5) is 10.1. The maximum Gasteiger partial charge on any atom is 0.192 e. The van der Waals surface area contributed by atoms with Crippen LogP contribution in [0.1, 0.15) is 49.2 Å². The molecule has 0 aliphatic heterocycles. The number of hydrogen-bond donors (Lipinski definition) is 2. The predicted molar refractivity (Wildman–Crippen MR) is 127 cm³/mol. The Morgan fingerprint density at radius 1 is 1.18 bits per heavy atom. The smallest absolute Gasteiger partial charge is 0.192 e. The van der Waals surface area contributed by atoms with Crippen LogP contribution < -0.4 is 20.1 Å². The zero-order chi connectivity index (χ0) is 19.6. The van der Waals surface area contributed by atoms with Crippen LogP contribution in [0, 0.1) is 6.92 Å². The zero-order valence-corrected chi connectivity index (χ0v) is 20.4. The van der Waals surface area contributed by atoms with E-state index in [1.165, 1.54) is 0 Å². The minimum absolute atomic E-state index is 0. The highest BCUT2D eigenvalue weighted by Gasteiger charge is 2.12. The minimum Gasteiger partial charge on any atom is -0.490 e. The molecule has 1 aromatic heterocycles. The van der Waals surface area contributed by atoms with Crippen molar-refractivity contribution in [3.05, 3.63) is 39.8 Å². The van der Waals surface area contributed by atoms with Gasteiger partial charge in [-0.05, 0) is 52.3 Å². The lowest BCUT2D eigenvalue weighted by molar-refractivity contribution is 0.287. The summed E-state index contributed by atoms with van der Waals surface area (Å²) in [5.74, 6) is 2.33. The van der Waals surface area contributed by atoms with Gasteiger partial charge in [-0.2, -0.15) is 0 Å². The molecule has 156 valence electrons. The summed E-state index contributed by atoms with van der Waals surface area (Å²) in [7, 11) is 0. The molecule has 2 N–H and O–H groups in total. The van der Waals surface area contributed by atoms with Gasteiger partial charge in [-0.3, -0.25) is 0 Å². The number of nitrogens with one attached hydrogen (secondary N) is 2. The predicted octanol–water partition coefficient (Wildman–Crippen LogP) is 4.68. The summed E-state index contributed by atoms with van der Waals surface area (Å²) in [6, 6.07) is 6.12. The first kappa shape index (κ1) is 24.5. The summed E-state index contributed by atoms with van der Waals surface area (Å²) in [5, 5.41) is 7.82. The minimum atomic E-state index is 0. The number of thiazole rings is 1. The Morgan fingerprint density at radius 2 is 1.89 bits per heavy atom. The molecule has 1 aromatic carbocycles. The molecule has 0 fully saturated rings. The molecule has 28 heavy (non-hydrogen) atoms. The number of aromatic nitrogens is 1. The van der Waals surface area contributed by atoms with Crippen molar-refractivity contribution < 1.29 is 9.47 Å². The van der Waals surface area contributed by atoms with E-state index in [0.717, 1.165) is 39.5 Å². The van der Waals surface area contributed by atoms with Crippen molar-refractivity contribution in [2.45, 2.75) is 47.2 Å². The maximum absolute atomic E-state index is 5.74. The number of hydrogen-bond acceptors (Lipinski definition) is 5. The van der Waals surface area contributed by atoms with Crippen LogP contribution in [0.3, 0.4) is 0 Å². The molecule has 8 heteroatoms. The molecule has 0 aliphatic carbocycles. The lowest BCUT2D eigenvalue weighted by Gasteiger charge is -2.20. The molecule has 1 heterocycles. The average molecular weight is 518 g/mol. The topological polar surface area (TPSA) is 67.8 Å². The van der Waals surface area contributed by atoms with E-state index in [1.54, 1.807) is 11.3 Å². The fourth-order valence-corrected chi connectivity index (χ4v) is 3.30. The lowest BCUT2D eigenvalue weighted by Crippen LogP contribution is -2.38. The van der Waals surface area contributed by atoms with Crippen molar-refractivity contribution in [2.24, 2.45) is 4.99 Å². The molecule has 0 amide bonds. The second-order valence-electron chi connectivity index (χ2n) is 5.98. The molecule has 0 radical (unpaired) electrons. The summed E-state index contributed by atoms with van der Waals surface area (Å²) in [6.45, 7) is 12.7. The molecular weight excluding hydrogens is 487 g/mol. The number of aliphatic imine (C=N–C) groups is 1. The van der Waals surface area contributed by atoms with Gasteiger partial charge in [0.05, 0.1) is 30.8 Å². The average Bonchev–Trinajstić information content (AvgIpc) is 3.07. The molecule has 0 bridgehead atoms. The monoisotopic (exact) mass is 518 g/mol. The first-order chi connectivity index (χ1) is 13.1. The zero-order valence-electron chi connectivity index (χ0n) is 17.2. The van der Waals surface area contributed by atoms with Gasteiger partial charge >= 0.3 is 0 Å². The van der Waals surface area contributed by atoms with Crippen molar-refractivity contribution in [3.63, 3.8) is 0 Å². The van der Waals surface area contributed by atoms with Gasteiger partial charge in [0.1, 0.15) is 0 Å². The molecule has 2 rings (SSSR count). The Bertz CT molecular complexity index is 752. The molecule has 2 aromatic rings. The Morgan fingerprint density at radius 3 is 2.50 bits per heavy atom. The van der Waals surface area contributed by atoms with Crippen LogP contribution in [0.4, 0.5) is 0 Å². The Labute approximate surface area is 189 Å². The molecule has 0 aliphatic rings. The summed E-state index contributed by atoms with van der Waals surface area (Å²) in [5.41, 5.74) is 1.11. The molecule has 0 saturated carbocycles. The Balaban J connectivity index is 0.00000392. The number of benzene rings is 1. The first-order valence-corrected chi connectivity index (χ1v) is 10.2. The van der Waals surface area contributed by atoms with E-state index >= 15 is 0 Å². The normalized spacial score (nSPS) is 12.1. The number of aryl methyl sites for hydroxylation is 1. The van der Waals surface area contributed by atoms with Crippen LogP contribution in [0.15, 0.2) is 29.4 Å². The lowest BCUT2D eigenvalue weighted by atomic mass is 10.1. The third-order valence-corrected chi connectivity index (χ3v) is 4.72. The van der Waals surface area contributed by atoms with E-state index in [0.29, 0.717) is 19.8 Å². The third-order valence-electron chi connectivity index (χ3n) is 3.83. The summed E-state index contributed by atoms with van der Waals surface area (Å²) < 4.78 is 11.4. The third kappa shape index (κ3) is 7.46. The molecule has 6 nitrogen and oxygen atoms in total. The van der Waals surface area contributed by atoms with E-state index in [4.69, 9.17) is 9.47 Å². The van der Waals surface area contributed by atoms with Crippen molar-refractivity contribution in [3.8, 4) is 11.5 Å². The Kier molecular flexibility index (Phi) is 11.2. The van der Waals surface area contributed by atoms with Crippen LogP contribution in [0.2, 0.25) is 0 Å². The fraction of sp³-hybridized carbons (Fsp3) is 0.500. The largest absolute Gasteiger partial charge is 0.490 e. The number of nitrogens with zero attached hydrogens (tertiary/aromatic N) is 2. The van der Waals surface area contributed by atoms with Gasteiger partial charge in [0.2, 0.25) is 0 Å². The van der Waals surface area contributed by atoms with Crippen LogP contribution >= 0.6 is 35.3 Å². The van der Waals surface area contributed by atoms with Gasteiger partial charge in [-0.15, -0.1) is 35.3 Å². The van der Waals surface area contributed by atoms with Crippen LogP contribution in [-0.4, -0.2) is 30.7 Å². The second-order valence-corrected chi connectivity index (χ2v) is 7.30. The highest BCUT2D eigenvalue weighted by molar-refractivity contribution is 14.0. The molecule has 1 unspecified atom stereocenters. The SMILES string of the molecule is CCNC(=NCc1cnc(C)s1)NC(C)c1ccc(OCC)c(OCC)c1.I. The van der Waals surface area contributed by atoms with Crippen LogP contribution in [0.25, 0.3) is 0 Å². The molecule has 0 saturated heterocycles. The van der Waals surface area contributed by atoms with Gasteiger partial charge in [0.15, 0.2) is 17.5 Å². The second kappa shape index (κ2) is 12.8. The highest BCUT2D eigenvalue weighted by Crippen LogP contribution is 2.30. The van der Waals surface area contributed by atoms with E-state index in [9.17, 15) is 0 Å². The van der Waals surface area contributed by atoms with Crippen molar-refractivity contribution in [1.82, 2.24) is 15.6 Å². The number of ether oxygens (including phenoxy) is 2. The molecular formula is C20H31IN4O2S. The van der Waals surface area contributed by atoms with E-state index < -0.39 is 0 Å². The van der Waals surface area contributed by atoms with E-state index in [1.807, 2.05) is 39.1 Å². The van der Waals surface area contributed by atoms with Gasteiger partial charge in [-0.25, -0.2) is 9.98 Å². The van der Waals surface area contributed by atoms with Gasteiger partial charge in [0, 0.05) is 17.6 Å². The van der Waals surface area contributed by atoms with Crippen LogP contribution in [-0.2, 0) is 6.54 Å². The number of halogens is 1. The summed E-state index contributed by atoms with van der Waals surface area (Å²) >= 11 is 1.67. The fourth-order valence-electron chi connectivity index (χ4n) is 2.58. The van der Waals surface area contributed by atoms with Crippen molar-refractivity contribution in [1.29, 1.82) is 0 Å².